The van der Waals surface area contributed by atoms with E-state index in [4.69, 9.17) is 4.74 Å². The summed E-state index contributed by atoms with van der Waals surface area (Å²) in [6.07, 6.45) is -3.31. The Morgan fingerprint density at radius 1 is 1.23 bits per heavy atom. The molecule has 0 radical (unpaired) electrons. The van der Waals surface area contributed by atoms with Crippen molar-refractivity contribution in [2.75, 3.05) is 6.54 Å². The van der Waals surface area contributed by atoms with Crippen LogP contribution in [0.4, 0.5) is 10.5 Å². The summed E-state index contributed by atoms with van der Waals surface area (Å²) in [5.41, 5.74) is 1.54. The number of ether oxygens (including phenoxy) is 1. The molecule has 0 saturated heterocycles. The Kier molecular flexibility index (Phi) is 6.65. The Labute approximate surface area is 150 Å². The lowest BCUT2D eigenvalue weighted by Crippen LogP contribution is -2.36. The van der Waals surface area contributed by atoms with Gasteiger partial charge in [0.05, 0.1) is 4.92 Å². The number of amides is 1. The number of hydrogen-bond acceptors (Lipinski definition) is 6. The van der Waals surface area contributed by atoms with Gasteiger partial charge < -0.3 is 20.3 Å². The number of rotatable bonds is 7. The Balaban J connectivity index is 1.85. The topological polar surface area (TPSA) is 122 Å². The number of benzene rings is 2. The number of nitrogens with zero attached hydrogens (tertiary/aromatic N) is 1. The zero-order valence-corrected chi connectivity index (χ0v) is 14.2. The minimum absolute atomic E-state index is 0.0901. The Bertz CT molecular complexity index is 766. The van der Waals surface area contributed by atoms with Gasteiger partial charge in [0.1, 0.15) is 18.8 Å². The second kappa shape index (κ2) is 8.93. The molecular weight excluding hydrogens is 340 g/mol. The molecule has 2 rings (SSSR count). The fourth-order valence-corrected chi connectivity index (χ4v) is 2.39. The number of nitro groups is 1. The molecule has 1 amide bonds. The van der Waals surface area contributed by atoms with Gasteiger partial charge >= 0.3 is 6.09 Å². The van der Waals surface area contributed by atoms with Crippen LogP contribution in [0, 0.1) is 17.0 Å². The van der Waals surface area contributed by atoms with Gasteiger partial charge in [0.15, 0.2) is 0 Å². The van der Waals surface area contributed by atoms with Crippen molar-refractivity contribution in [1.82, 2.24) is 5.32 Å². The van der Waals surface area contributed by atoms with E-state index in [0.29, 0.717) is 11.1 Å². The number of non-ortho nitro benzene ring substituents is 1. The molecule has 0 fully saturated rings. The highest BCUT2D eigenvalue weighted by Gasteiger charge is 2.22. The largest absolute Gasteiger partial charge is 0.445 e. The molecule has 3 N–H and O–H groups in total. The number of carbonyl (C=O) groups is 1. The molecule has 2 aromatic carbocycles. The summed E-state index contributed by atoms with van der Waals surface area (Å²) in [7, 11) is 0. The second-order valence-electron chi connectivity index (χ2n) is 5.75. The predicted molar refractivity (Wildman–Crippen MR) is 93.4 cm³/mol. The molecule has 2 atom stereocenters. The molecule has 0 aromatic heterocycles. The molecule has 138 valence electrons. The number of aliphatic hydroxyl groups excluding tert-OH is 2. The zero-order chi connectivity index (χ0) is 19.1. The van der Waals surface area contributed by atoms with E-state index >= 15 is 0 Å². The highest BCUT2D eigenvalue weighted by Crippen LogP contribution is 2.24. The van der Waals surface area contributed by atoms with Crippen LogP contribution in [0.5, 0.6) is 0 Å². The minimum Gasteiger partial charge on any atom is -0.445 e. The number of alkyl carbamates (subject to hydrolysis) is 1. The van der Waals surface area contributed by atoms with Crippen molar-refractivity contribution in [2.45, 2.75) is 25.7 Å². The first kappa shape index (κ1) is 19.4. The monoisotopic (exact) mass is 360 g/mol. The summed E-state index contributed by atoms with van der Waals surface area (Å²) in [6.45, 7) is 1.46. The first-order valence-electron chi connectivity index (χ1n) is 7.94. The summed E-state index contributed by atoms with van der Waals surface area (Å²) >= 11 is 0. The van der Waals surface area contributed by atoms with E-state index in [-0.39, 0.29) is 18.8 Å². The van der Waals surface area contributed by atoms with Crippen molar-refractivity contribution < 1.29 is 24.7 Å². The van der Waals surface area contributed by atoms with Crippen LogP contribution in [0.25, 0.3) is 0 Å². The highest BCUT2D eigenvalue weighted by atomic mass is 16.6. The molecule has 0 saturated carbocycles. The molecule has 8 heteroatoms. The number of nitrogens with one attached hydrogen (secondary N) is 1. The van der Waals surface area contributed by atoms with Crippen molar-refractivity contribution in [1.29, 1.82) is 0 Å². The fourth-order valence-electron chi connectivity index (χ4n) is 2.39. The van der Waals surface area contributed by atoms with Crippen LogP contribution in [0.3, 0.4) is 0 Å². The zero-order valence-electron chi connectivity index (χ0n) is 14.2. The van der Waals surface area contributed by atoms with Crippen molar-refractivity contribution >= 4 is 11.8 Å². The summed E-state index contributed by atoms with van der Waals surface area (Å²) in [4.78, 5) is 21.9. The highest BCUT2D eigenvalue weighted by molar-refractivity contribution is 5.67. The third-order valence-electron chi connectivity index (χ3n) is 3.82. The quantitative estimate of drug-likeness (QED) is 0.514. The van der Waals surface area contributed by atoms with Gasteiger partial charge in [-0.2, -0.15) is 0 Å². The molecule has 26 heavy (non-hydrogen) atoms. The van der Waals surface area contributed by atoms with E-state index in [1.54, 1.807) is 6.92 Å². The maximum atomic E-state index is 11.7. The third kappa shape index (κ3) is 5.27. The van der Waals surface area contributed by atoms with Gasteiger partial charge in [-0.15, -0.1) is 0 Å². The third-order valence-corrected chi connectivity index (χ3v) is 3.82. The molecule has 8 nitrogen and oxygen atoms in total. The van der Waals surface area contributed by atoms with Crippen LogP contribution >= 0.6 is 0 Å². The van der Waals surface area contributed by atoms with Crippen LogP contribution in [-0.4, -0.2) is 33.9 Å². The first-order valence-corrected chi connectivity index (χ1v) is 7.94. The van der Waals surface area contributed by atoms with Gasteiger partial charge in [-0.05, 0) is 29.7 Å². The van der Waals surface area contributed by atoms with E-state index in [1.807, 2.05) is 30.3 Å². The fraction of sp³-hybridized carbons (Fsp3) is 0.278. The number of aliphatic hydroxyl groups is 2. The van der Waals surface area contributed by atoms with Crippen LogP contribution < -0.4 is 5.32 Å². The summed E-state index contributed by atoms with van der Waals surface area (Å²) in [6, 6.07) is 13.1. The average molecular weight is 360 g/mol. The van der Waals surface area contributed by atoms with Gasteiger partial charge in [0.2, 0.25) is 0 Å². The van der Waals surface area contributed by atoms with E-state index in [1.165, 1.54) is 18.2 Å². The number of aryl methyl sites for hydroxylation is 1. The summed E-state index contributed by atoms with van der Waals surface area (Å²) in [5.74, 6) is 0. The molecule has 0 aliphatic carbocycles. The molecule has 2 aromatic rings. The normalized spacial score (nSPS) is 12.9. The van der Waals surface area contributed by atoms with Crippen molar-refractivity contribution in [3.05, 3.63) is 75.3 Å². The van der Waals surface area contributed by atoms with Crippen LogP contribution in [-0.2, 0) is 11.3 Å². The van der Waals surface area contributed by atoms with Crippen molar-refractivity contribution in [3.8, 4) is 0 Å². The van der Waals surface area contributed by atoms with Crippen LogP contribution in [0.15, 0.2) is 48.5 Å². The molecule has 0 aliphatic rings. The van der Waals surface area contributed by atoms with Crippen LogP contribution in [0.2, 0.25) is 0 Å². The van der Waals surface area contributed by atoms with E-state index in [2.05, 4.69) is 5.32 Å². The summed E-state index contributed by atoms with van der Waals surface area (Å²) < 4.78 is 5.01. The molecular formula is C18H20N2O6. The summed E-state index contributed by atoms with van der Waals surface area (Å²) in [5, 5.41) is 33.4. The van der Waals surface area contributed by atoms with Crippen molar-refractivity contribution in [3.63, 3.8) is 0 Å². The minimum atomic E-state index is -1.30. The Morgan fingerprint density at radius 2 is 1.92 bits per heavy atom. The SMILES string of the molecule is Cc1cc([N+](=O)[O-])ccc1C(O)C(O)CNC(=O)OCc1ccccc1. The first-order chi connectivity index (χ1) is 12.4. The van der Waals surface area contributed by atoms with Gasteiger partial charge in [-0.1, -0.05) is 30.3 Å². The van der Waals surface area contributed by atoms with E-state index in [9.17, 15) is 25.1 Å². The predicted octanol–water partition coefficient (Wildman–Crippen LogP) is 2.22. The van der Waals surface area contributed by atoms with Crippen LogP contribution in [0.1, 0.15) is 22.8 Å². The lowest BCUT2D eigenvalue weighted by atomic mass is 9.99. The maximum Gasteiger partial charge on any atom is 0.407 e. The Hall–Kier alpha value is -2.97. The molecule has 0 spiro atoms. The number of nitro benzene ring substituents is 1. The van der Waals surface area contributed by atoms with Gasteiger partial charge in [0, 0.05) is 18.7 Å². The van der Waals surface area contributed by atoms with E-state index in [0.717, 1.165) is 5.56 Å². The second-order valence-corrected chi connectivity index (χ2v) is 5.75. The van der Waals surface area contributed by atoms with Gasteiger partial charge in [-0.25, -0.2) is 4.79 Å². The molecule has 0 bridgehead atoms. The van der Waals surface area contributed by atoms with Gasteiger partial charge in [-0.3, -0.25) is 10.1 Å². The number of carbonyl (C=O) groups excluding carboxylic acids is 1. The average Bonchev–Trinajstić information content (AvgIpc) is 2.64. The number of hydrogen-bond donors (Lipinski definition) is 3. The van der Waals surface area contributed by atoms with E-state index < -0.39 is 23.2 Å². The molecule has 2 unspecified atom stereocenters. The smallest absolute Gasteiger partial charge is 0.407 e. The molecule has 0 aliphatic heterocycles. The molecule has 0 heterocycles. The van der Waals surface area contributed by atoms with Gasteiger partial charge in [0.25, 0.3) is 5.69 Å². The lowest BCUT2D eigenvalue weighted by Gasteiger charge is -2.20. The standard InChI is InChI=1S/C18H20N2O6/c1-12-9-14(20(24)25)7-8-15(12)17(22)16(21)10-19-18(23)26-11-13-5-3-2-4-6-13/h2-9,16-17,21-22H,10-11H2,1H3,(H,19,23). The lowest BCUT2D eigenvalue weighted by molar-refractivity contribution is -0.384. The van der Waals surface area contributed by atoms with Crippen molar-refractivity contribution in [2.24, 2.45) is 0 Å². The Morgan fingerprint density at radius 3 is 2.54 bits per heavy atom. The maximum absolute atomic E-state index is 11.7.